The summed E-state index contributed by atoms with van der Waals surface area (Å²) in [5.41, 5.74) is 3.75. The molecule has 4 fully saturated rings. The number of morpholine rings is 1. The van der Waals surface area contributed by atoms with Crippen LogP contribution in [0.25, 0.3) is 16.8 Å². The van der Waals surface area contributed by atoms with Gasteiger partial charge in [0.25, 0.3) is 0 Å². The quantitative estimate of drug-likeness (QED) is 0.325. The van der Waals surface area contributed by atoms with E-state index >= 15 is 0 Å². The molecule has 0 radical (unpaired) electrons. The lowest BCUT2D eigenvalue weighted by molar-refractivity contribution is -0.00879. The number of piperidine rings is 1. The van der Waals surface area contributed by atoms with Gasteiger partial charge in [0.1, 0.15) is 30.3 Å². The molecular formula is C29H33N9O3S. The molecule has 218 valence electrons. The minimum Gasteiger partial charge on any atom is -0.489 e. The van der Waals surface area contributed by atoms with E-state index in [0.717, 1.165) is 44.1 Å². The van der Waals surface area contributed by atoms with Crippen molar-refractivity contribution in [3.63, 3.8) is 0 Å². The number of nitrogens with one attached hydrogen (secondary N) is 1. The second-order valence-electron chi connectivity index (χ2n) is 10.6. The monoisotopic (exact) mass is 587 g/mol. The Morgan fingerprint density at radius 2 is 2.00 bits per heavy atom. The third-order valence-corrected chi connectivity index (χ3v) is 8.10. The van der Waals surface area contributed by atoms with Crippen molar-refractivity contribution in [1.29, 1.82) is 5.26 Å². The molecule has 3 atom stereocenters. The number of fused-ring (bicyclic) bond motifs is 3. The Morgan fingerprint density at radius 1 is 1.12 bits per heavy atom. The van der Waals surface area contributed by atoms with E-state index in [2.05, 4.69) is 37.3 Å². The number of nitrogens with zero attached hydrogens (tertiary/aromatic N) is 8. The molecule has 4 aromatic heterocycles. The number of nitriles is 1. The summed E-state index contributed by atoms with van der Waals surface area (Å²) in [7, 11) is 1.63. The van der Waals surface area contributed by atoms with Crippen LogP contribution in [-0.2, 0) is 11.3 Å². The van der Waals surface area contributed by atoms with Gasteiger partial charge in [0.15, 0.2) is 0 Å². The van der Waals surface area contributed by atoms with Crippen molar-refractivity contribution in [3.8, 4) is 29.0 Å². The Hall–Kier alpha value is -3.96. The molecule has 0 saturated carbocycles. The van der Waals surface area contributed by atoms with Crippen molar-refractivity contribution < 1.29 is 14.2 Å². The summed E-state index contributed by atoms with van der Waals surface area (Å²) < 4.78 is 18.7. The van der Waals surface area contributed by atoms with E-state index in [-0.39, 0.29) is 19.6 Å². The van der Waals surface area contributed by atoms with E-state index in [4.69, 9.17) is 24.2 Å². The molecule has 4 aliphatic heterocycles. The molecule has 8 heterocycles. The normalized spacial score (nSPS) is 21.7. The molecule has 2 unspecified atom stereocenters. The minimum absolute atomic E-state index is 0. The third kappa shape index (κ3) is 5.46. The van der Waals surface area contributed by atoms with Crippen LogP contribution in [0.5, 0.6) is 11.6 Å². The Bertz CT molecular complexity index is 1560. The summed E-state index contributed by atoms with van der Waals surface area (Å²) in [6, 6.07) is 9.08. The Morgan fingerprint density at radius 3 is 2.69 bits per heavy atom. The molecular weight excluding hydrogens is 554 g/mol. The van der Waals surface area contributed by atoms with Crippen LogP contribution in [0.15, 0.2) is 49.2 Å². The average molecular weight is 588 g/mol. The van der Waals surface area contributed by atoms with Crippen molar-refractivity contribution in [2.45, 2.75) is 31.2 Å². The summed E-state index contributed by atoms with van der Waals surface area (Å²) in [5, 5.41) is 17.4. The predicted molar refractivity (Wildman–Crippen MR) is 160 cm³/mol. The standard InChI is InChI=1S/C29H31N9O3.H2S/c1-39-28-3-2-19(9-34-28)14-37-21-6-22(37)16-36(15-21)27-13-32-26(12-33-27)25-7-23(41-18-24-11-31-4-5-40-24)17-38-29(25)20(8-30)10-35-38;/h2-3,7,9-10,12-13,17,21-22,24,31H,4-6,11,14-16,18H2,1H3;1H2/t21?,22?,24-;/m0./s1. The van der Waals surface area contributed by atoms with Crippen molar-refractivity contribution >= 4 is 24.8 Å². The molecule has 42 heavy (non-hydrogen) atoms. The molecule has 0 amide bonds. The van der Waals surface area contributed by atoms with Crippen LogP contribution < -0.4 is 19.7 Å². The Labute approximate surface area is 250 Å². The van der Waals surface area contributed by atoms with Crippen LogP contribution in [0, 0.1) is 11.3 Å². The van der Waals surface area contributed by atoms with Gasteiger partial charge in [0.05, 0.1) is 55.3 Å². The van der Waals surface area contributed by atoms with Gasteiger partial charge in [-0.25, -0.2) is 14.5 Å². The summed E-state index contributed by atoms with van der Waals surface area (Å²) in [6.45, 7) is 5.37. The van der Waals surface area contributed by atoms with Gasteiger partial charge in [-0.2, -0.15) is 23.9 Å². The van der Waals surface area contributed by atoms with E-state index in [1.807, 2.05) is 24.5 Å². The number of hydrogen-bond donors (Lipinski definition) is 1. The lowest BCUT2D eigenvalue weighted by Crippen LogP contribution is -2.68. The number of hydrogen-bond acceptors (Lipinski definition) is 11. The fourth-order valence-corrected chi connectivity index (χ4v) is 5.96. The maximum absolute atomic E-state index is 9.71. The highest BCUT2D eigenvalue weighted by Gasteiger charge is 2.44. The van der Waals surface area contributed by atoms with Gasteiger partial charge < -0.3 is 24.4 Å². The van der Waals surface area contributed by atoms with Gasteiger partial charge in [0, 0.05) is 62.6 Å². The fourth-order valence-electron chi connectivity index (χ4n) is 5.96. The van der Waals surface area contributed by atoms with Crippen LogP contribution in [0.4, 0.5) is 5.82 Å². The molecule has 0 aromatic carbocycles. The molecule has 0 aliphatic carbocycles. The molecule has 4 aromatic rings. The molecule has 12 nitrogen and oxygen atoms in total. The van der Waals surface area contributed by atoms with Gasteiger partial charge in [-0.15, -0.1) is 0 Å². The van der Waals surface area contributed by atoms with Crippen molar-refractivity contribution in [2.24, 2.45) is 0 Å². The molecule has 2 bridgehead atoms. The number of piperazine rings is 1. The zero-order valence-corrected chi connectivity index (χ0v) is 24.3. The molecule has 4 aliphatic rings. The van der Waals surface area contributed by atoms with Crippen molar-refractivity contribution in [1.82, 2.24) is 34.8 Å². The maximum atomic E-state index is 9.71. The first kappa shape index (κ1) is 28.2. The second kappa shape index (κ2) is 12.1. The van der Waals surface area contributed by atoms with Gasteiger partial charge >= 0.3 is 0 Å². The highest BCUT2D eigenvalue weighted by atomic mass is 32.1. The fraction of sp³-hybridized carbons (Fsp3) is 0.414. The maximum Gasteiger partial charge on any atom is 0.212 e. The van der Waals surface area contributed by atoms with Crippen molar-refractivity contribution in [2.75, 3.05) is 51.4 Å². The topological polar surface area (TPSA) is 126 Å². The number of anilines is 1. The highest BCUT2D eigenvalue weighted by molar-refractivity contribution is 7.59. The van der Waals surface area contributed by atoms with E-state index in [1.54, 1.807) is 30.2 Å². The number of ether oxygens (including phenoxy) is 3. The minimum atomic E-state index is -0.0196. The third-order valence-electron chi connectivity index (χ3n) is 8.10. The van der Waals surface area contributed by atoms with E-state index in [9.17, 15) is 5.26 Å². The second-order valence-corrected chi connectivity index (χ2v) is 10.6. The SMILES string of the molecule is COc1ccc(CN2C3CC2CN(c2cnc(-c4cc(OC[C@@H]5CNCCO5)cn5ncc(C#N)c45)cn2)C3)cn1.S. The summed E-state index contributed by atoms with van der Waals surface area (Å²) in [5.74, 6) is 2.12. The molecule has 13 heteroatoms. The van der Waals surface area contributed by atoms with E-state index < -0.39 is 0 Å². The number of rotatable bonds is 8. The highest BCUT2D eigenvalue weighted by Crippen LogP contribution is 2.36. The molecule has 1 N–H and O–H groups in total. The Balaban J connectivity index is 0.00000316. The van der Waals surface area contributed by atoms with Crippen LogP contribution in [-0.4, -0.2) is 94.2 Å². The van der Waals surface area contributed by atoms with Crippen LogP contribution in [0.3, 0.4) is 0 Å². The molecule has 0 spiro atoms. The first-order valence-corrected chi connectivity index (χ1v) is 13.9. The number of aromatic nitrogens is 5. The summed E-state index contributed by atoms with van der Waals surface area (Å²) in [4.78, 5) is 18.8. The van der Waals surface area contributed by atoms with E-state index in [0.29, 0.717) is 53.7 Å². The number of pyridine rings is 2. The Kier molecular flexibility index (Phi) is 8.12. The molecule has 4 saturated heterocycles. The first-order valence-electron chi connectivity index (χ1n) is 13.9. The van der Waals surface area contributed by atoms with Crippen LogP contribution in [0.1, 0.15) is 17.5 Å². The summed E-state index contributed by atoms with van der Waals surface area (Å²) in [6.07, 6.45) is 10.0. The largest absolute Gasteiger partial charge is 0.489 e. The van der Waals surface area contributed by atoms with Gasteiger partial charge in [-0.3, -0.25) is 9.88 Å². The van der Waals surface area contributed by atoms with E-state index in [1.165, 1.54) is 12.0 Å². The van der Waals surface area contributed by atoms with Gasteiger partial charge in [0.2, 0.25) is 5.88 Å². The smallest absolute Gasteiger partial charge is 0.212 e. The van der Waals surface area contributed by atoms with Gasteiger partial charge in [-0.1, -0.05) is 6.07 Å². The lowest BCUT2D eigenvalue weighted by Gasteiger charge is -2.56. The van der Waals surface area contributed by atoms with Gasteiger partial charge in [-0.05, 0) is 18.1 Å². The van der Waals surface area contributed by atoms with Crippen LogP contribution >= 0.6 is 13.5 Å². The average Bonchev–Trinajstić information content (AvgIpc) is 3.46. The first-order chi connectivity index (χ1) is 20.2. The lowest BCUT2D eigenvalue weighted by atomic mass is 9.87. The van der Waals surface area contributed by atoms with Crippen LogP contribution in [0.2, 0.25) is 0 Å². The number of methoxy groups -OCH3 is 1. The molecule has 8 rings (SSSR count). The summed E-state index contributed by atoms with van der Waals surface area (Å²) >= 11 is 0. The zero-order chi connectivity index (χ0) is 27.8. The predicted octanol–water partition coefficient (Wildman–Crippen LogP) is 2.01. The van der Waals surface area contributed by atoms with Crippen molar-refractivity contribution in [3.05, 3.63) is 60.3 Å². The zero-order valence-electron chi connectivity index (χ0n) is 23.3.